The molecule has 0 aliphatic rings. The first-order valence-electron chi connectivity index (χ1n) is 5.67. The first-order chi connectivity index (χ1) is 8.06. The maximum absolute atomic E-state index is 8.84. The molecule has 2 atom stereocenters. The molecule has 17 heavy (non-hydrogen) atoms. The molecule has 2 N–H and O–H groups in total. The minimum atomic E-state index is -0.398. The Morgan fingerprint density at radius 2 is 2.24 bits per heavy atom. The predicted molar refractivity (Wildman–Crippen MR) is 71.8 cm³/mol. The number of rotatable bonds is 5. The van der Waals surface area contributed by atoms with Gasteiger partial charge in [-0.1, -0.05) is 13.0 Å². The molecule has 0 bridgehead atoms. The van der Waals surface area contributed by atoms with Gasteiger partial charge in [0.05, 0.1) is 4.47 Å². The highest BCUT2D eigenvalue weighted by Gasteiger charge is 2.09. The van der Waals surface area contributed by atoms with Crippen LogP contribution in [0.15, 0.2) is 22.7 Å². The van der Waals surface area contributed by atoms with Crippen molar-refractivity contribution in [3.8, 4) is 11.8 Å². The van der Waals surface area contributed by atoms with Crippen LogP contribution in [-0.2, 0) is 6.42 Å². The number of ether oxygens (including phenoxy) is 1. The Balaban J connectivity index is 2.79. The molecule has 1 aromatic rings. The van der Waals surface area contributed by atoms with Crippen LogP contribution in [0.1, 0.15) is 25.8 Å². The van der Waals surface area contributed by atoms with Crippen molar-refractivity contribution in [3.63, 3.8) is 0 Å². The highest BCUT2D eigenvalue weighted by Crippen LogP contribution is 2.27. The molecular weight excluding hydrogens is 280 g/mol. The van der Waals surface area contributed by atoms with Crippen molar-refractivity contribution in [2.24, 2.45) is 5.73 Å². The van der Waals surface area contributed by atoms with E-state index in [1.807, 2.05) is 32.0 Å². The van der Waals surface area contributed by atoms with Gasteiger partial charge < -0.3 is 10.5 Å². The van der Waals surface area contributed by atoms with Crippen LogP contribution in [0.2, 0.25) is 0 Å². The van der Waals surface area contributed by atoms with E-state index in [1.165, 1.54) is 0 Å². The van der Waals surface area contributed by atoms with Crippen molar-refractivity contribution in [3.05, 3.63) is 28.2 Å². The summed E-state index contributed by atoms with van der Waals surface area (Å²) in [4.78, 5) is 0. The smallest absolute Gasteiger partial charge is 0.184 e. The molecule has 0 aliphatic carbocycles. The van der Waals surface area contributed by atoms with Crippen molar-refractivity contribution in [1.82, 2.24) is 0 Å². The molecule has 1 rings (SSSR count). The normalized spacial score (nSPS) is 13.8. The van der Waals surface area contributed by atoms with Gasteiger partial charge in [-0.05, 0) is 53.4 Å². The minimum absolute atomic E-state index is 0.135. The van der Waals surface area contributed by atoms with Crippen molar-refractivity contribution in [2.75, 3.05) is 0 Å². The van der Waals surface area contributed by atoms with Crippen molar-refractivity contribution in [1.29, 1.82) is 5.26 Å². The van der Waals surface area contributed by atoms with Gasteiger partial charge in [0.25, 0.3) is 0 Å². The summed E-state index contributed by atoms with van der Waals surface area (Å²) in [7, 11) is 0. The van der Waals surface area contributed by atoms with Crippen LogP contribution in [0.25, 0.3) is 0 Å². The molecule has 0 aromatic heterocycles. The summed E-state index contributed by atoms with van der Waals surface area (Å²) >= 11 is 3.45. The fourth-order valence-electron chi connectivity index (χ4n) is 1.49. The third-order valence-electron chi connectivity index (χ3n) is 2.34. The number of hydrogen-bond donors (Lipinski definition) is 1. The number of nitriles is 1. The van der Waals surface area contributed by atoms with Crippen LogP contribution in [0.4, 0.5) is 0 Å². The van der Waals surface area contributed by atoms with Gasteiger partial charge in [-0.15, -0.1) is 0 Å². The lowest BCUT2D eigenvalue weighted by Crippen LogP contribution is -2.17. The average molecular weight is 297 g/mol. The first-order valence-corrected chi connectivity index (χ1v) is 6.46. The first kappa shape index (κ1) is 14.0. The molecule has 0 radical (unpaired) electrons. The zero-order valence-electron chi connectivity index (χ0n) is 10.1. The van der Waals surface area contributed by atoms with Gasteiger partial charge in [0, 0.05) is 6.04 Å². The molecule has 0 saturated carbocycles. The molecule has 3 nitrogen and oxygen atoms in total. The van der Waals surface area contributed by atoms with E-state index in [2.05, 4.69) is 22.0 Å². The van der Waals surface area contributed by atoms with Gasteiger partial charge in [0.2, 0.25) is 0 Å². The van der Waals surface area contributed by atoms with E-state index in [0.29, 0.717) is 12.2 Å². The Hall–Kier alpha value is -1.05. The van der Waals surface area contributed by atoms with Gasteiger partial charge >= 0.3 is 0 Å². The summed E-state index contributed by atoms with van der Waals surface area (Å²) < 4.78 is 6.43. The van der Waals surface area contributed by atoms with E-state index in [1.54, 1.807) is 0 Å². The second-order valence-corrected chi connectivity index (χ2v) is 4.94. The lowest BCUT2D eigenvalue weighted by molar-refractivity contribution is 0.250. The molecule has 92 valence electrons. The molecule has 0 saturated heterocycles. The van der Waals surface area contributed by atoms with Gasteiger partial charge in [-0.3, -0.25) is 0 Å². The Morgan fingerprint density at radius 1 is 1.53 bits per heavy atom. The Labute approximate surface area is 111 Å². The van der Waals surface area contributed by atoms with E-state index < -0.39 is 6.10 Å². The fraction of sp³-hybridized carbons (Fsp3) is 0.462. The van der Waals surface area contributed by atoms with Crippen LogP contribution < -0.4 is 10.5 Å². The maximum Gasteiger partial charge on any atom is 0.184 e. The highest BCUT2D eigenvalue weighted by atomic mass is 79.9. The summed E-state index contributed by atoms with van der Waals surface area (Å²) in [6.45, 7) is 3.90. The van der Waals surface area contributed by atoms with Crippen LogP contribution in [0, 0.1) is 11.3 Å². The summed E-state index contributed by atoms with van der Waals surface area (Å²) in [5.41, 5.74) is 6.90. The Kier molecular flexibility index (Phi) is 5.46. The van der Waals surface area contributed by atoms with Crippen molar-refractivity contribution >= 4 is 15.9 Å². The van der Waals surface area contributed by atoms with Crippen molar-refractivity contribution in [2.45, 2.75) is 38.8 Å². The zero-order chi connectivity index (χ0) is 12.8. The van der Waals surface area contributed by atoms with Crippen LogP contribution in [0.5, 0.6) is 5.75 Å². The van der Waals surface area contributed by atoms with E-state index in [4.69, 9.17) is 15.7 Å². The predicted octanol–water partition coefficient (Wildman–Crippen LogP) is 3.02. The SMILES string of the molecule is CCC(C#N)Oc1ccc(CC(C)N)cc1Br. The molecule has 0 aliphatic heterocycles. The van der Waals surface area contributed by atoms with E-state index >= 15 is 0 Å². The highest BCUT2D eigenvalue weighted by molar-refractivity contribution is 9.10. The third kappa shape index (κ3) is 4.37. The van der Waals surface area contributed by atoms with Gasteiger partial charge in [0.1, 0.15) is 11.8 Å². The summed E-state index contributed by atoms with van der Waals surface area (Å²) in [6.07, 6.45) is 1.10. The second-order valence-electron chi connectivity index (χ2n) is 4.09. The molecule has 0 amide bonds. The van der Waals surface area contributed by atoms with Gasteiger partial charge in [-0.2, -0.15) is 5.26 Å². The molecular formula is C13H17BrN2O. The Morgan fingerprint density at radius 3 is 2.71 bits per heavy atom. The fourth-order valence-corrected chi connectivity index (χ4v) is 2.01. The minimum Gasteiger partial charge on any atom is -0.474 e. The monoisotopic (exact) mass is 296 g/mol. The number of benzene rings is 1. The number of nitrogens with zero attached hydrogens (tertiary/aromatic N) is 1. The summed E-state index contributed by atoms with van der Waals surface area (Å²) in [6, 6.07) is 8.09. The molecule has 0 heterocycles. The van der Waals surface area contributed by atoms with Crippen molar-refractivity contribution < 1.29 is 4.74 Å². The standard InChI is InChI=1S/C13H17BrN2O/c1-3-11(8-15)17-13-5-4-10(6-9(2)16)7-12(13)14/h4-5,7,9,11H,3,6,16H2,1-2H3. The second kappa shape index (κ2) is 6.63. The molecule has 4 heteroatoms. The molecule has 1 aromatic carbocycles. The molecule has 0 spiro atoms. The number of hydrogen-bond acceptors (Lipinski definition) is 3. The lowest BCUT2D eigenvalue weighted by Gasteiger charge is -2.13. The van der Waals surface area contributed by atoms with E-state index in [9.17, 15) is 0 Å². The largest absolute Gasteiger partial charge is 0.474 e. The van der Waals surface area contributed by atoms with Gasteiger partial charge in [0.15, 0.2) is 6.10 Å². The number of halogens is 1. The zero-order valence-corrected chi connectivity index (χ0v) is 11.7. The van der Waals surface area contributed by atoms with E-state index in [-0.39, 0.29) is 6.04 Å². The number of nitrogens with two attached hydrogens (primary N) is 1. The summed E-state index contributed by atoms with van der Waals surface area (Å²) in [5, 5.41) is 8.84. The van der Waals surface area contributed by atoms with E-state index in [0.717, 1.165) is 16.5 Å². The third-order valence-corrected chi connectivity index (χ3v) is 2.96. The van der Waals surface area contributed by atoms with Crippen LogP contribution >= 0.6 is 15.9 Å². The van der Waals surface area contributed by atoms with Gasteiger partial charge in [-0.25, -0.2) is 0 Å². The topological polar surface area (TPSA) is 59.0 Å². The quantitative estimate of drug-likeness (QED) is 0.908. The molecule has 2 unspecified atom stereocenters. The van der Waals surface area contributed by atoms with Crippen LogP contribution in [-0.4, -0.2) is 12.1 Å². The van der Waals surface area contributed by atoms with Crippen LogP contribution in [0.3, 0.4) is 0 Å². The average Bonchev–Trinajstić information content (AvgIpc) is 2.27. The lowest BCUT2D eigenvalue weighted by atomic mass is 10.1. The molecule has 0 fully saturated rings. The Bertz CT molecular complexity index is 412. The summed E-state index contributed by atoms with van der Waals surface area (Å²) in [5.74, 6) is 0.701. The maximum atomic E-state index is 8.84.